The van der Waals surface area contributed by atoms with E-state index in [1.54, 1.807) is 12.2 Å². The summed E-state index contributed by atoms with van der Waals surface area (Å²) in [5.74, 6) is 1.99. The summed E-state index contributed by atoms with van der Waals surface area (Å²) in [5.41, 5.74) is 5.30. The molecule has 0 radical (unpaired) electrons. The normalized spacial score (nSPS) is 15.3. The minimum atomic E-state index is -0.290. The number of hydrogen-bond acceptors (Lipinski definition) is 3. The first kappa shape index (κ1) is 26.9. The van der Waals surface area contributed by atoms with Crippen molar-refractivity contribution in [3.05, 3.63) is 191 Å². The Morgan fingerprint density at radius 2 is 1.00 bits per heavy atom. The molecule has 0 amide bonds. The van der Waals surface area contributed by atoms with Gasteiger partial charge in [0.05, 0.1) is 23.3 Å². The summed E-state index contributed by atoms with van der Waals surface area (Å²) in [4.78, 5) is 13.4. The summed E-state index contributed by atoms with van der Waals surface area (Å²) < 4.78 is 12.5. The number of benzene rings is 4. The van der Waals surface area contributed by atoms with Gasteiger partial charge in [0.25, 0.3) is 0 Å². The van der Waals surface area contributed by atoms with Gasteiger partial charge in [-0.3, -0.25) is 4.79 Å². The van der Waals surface area contributed by atoms with Crippen LogP contribution in [0.4, 0.5) is 0 Å². The zero-order valence-corrected chi connectivity index (χ0v) is 23.6. The molecule has 44 heavy (non-hydrogen) atoms. The van der Waals surface area contributed by atoms with E-state index >= 15 is 0 Å². The van der Waals surface area contributed by atoms with Crippen LogP contribution < -0.4 is 5.11 Å². The Labute approximate surface area is 255 Å². The maximum atomic E-state index is 13.4. The summed E-state index contributed by atoms with van der Waals surface area (Å²) in [5, 5.41) is 13.4. The lowest BCUT2D eigenvalue weighted by atomic mass is 9.85. The Kier molecular flexibility index (Phi) is 7.15. The summed E-state index contributed by atoms with van der Waals surface area (Å²) in [7, 11) is 0. The van der Waals surface area contributed by atoms with Gasteiger partial charge in [0, 0.05) is 22.3 Å². The highest BCUT2D eigenvalue weighted by atomic mass is 16.5. The number of carbonyl (C=O) groups excluding carboxylic acids is 1. The number of Topliss-reactive ketones (excluding diaryl/α,β-unsaturated/α-hetero) is 1. The van der Waals surface area contributed by atoms with Gasteiger partial charge in [0.1, 0.15) is 11.5 Å². The first-order valence-corrected chi connectivity index (χ1v) is 14.3. The predicted molar refractivity (Wildman–Crippen MR) is 172 cm³/mol. The van der Waals surface area contributed by atoms with Crippen LogP contribution in [-0.2, 0) is 9.53 Å². The second-order valence-electron chi connectivity index (χ2n) is 10.5. The maximum absolute atomic E-state index is 13.4. The topological polar surface area (TPSA) is 60.7 Å². The molecular formula is C40H26O4. The first-order chi connectivity index (χ1) is 21.6. The first-order valence-electron chi connectivity index (χ1n) is 14.3. The zero-order chi connectivity index (χ0) is 29.9. The molecule has 0 bridgehead atoms. The molecule has 1 aliphatic heterocycles. The van der Waals surface area contributed by atoms with Crippen LogP contribution in [0.1, 0.15) is 16.7 Å². The van der Waals surface area contributed by atoms with Gasteiger partial charge in [-0.2, -0.15) is 0 Å². The van der Waals surface area contributed by atoms with Gasteiger partial charge in [-0.15, -0.1) is 0 Å². The van der Waals surface area contributed by atoms with Crippen molar-refractivity contribution >= 4 is 23.4 Å². The van der Waals surface area contributed by atoms with Crippen molar-refractivity contribution < 1.29 is 19.1 Å². The van der Waals surface area contributed by atoms with Crippen molar-refractivity contribution in [3.8, 4) is 22.6 Å². The van der Waals surface area contributed by atoms with Crippen LogP contribution in [0.25, 0.3) is 40.2 Å². The SMILES string of the molecule is O=C1C(=Cc2cc(-c3ccccc3)[o+]c(-c3ccccc3)c2)C([O-])=C1C=C1C=C(c2ccccc2)OC(c2ccccc2)=C1. The Morgan fingerprint density at radius 1 is 0.568 bits per heavy atom. The zero-order valence-electron chi connectivity index (χ0n) is 23.6. The Balaban J connectivity index is 1.28. The van der Waals surface area contributed by atoms with Crippen LogP contribution in [0.15, 0.2) is 179 Å². The number of hydrogen-bond donors (Lipinski definition) is 0. The third-order valence-corrected chi connectivity index (χ3v) is 7.46. The smallest absolute Gasteiger partial charge is 0.361 e. The monoisotopic (exact) mass is 570 g/mol. The predicted octanol–water partition coefficient (Wildman–Crippen LogP) is 8.51. The highest BCUT2D eigenvalue weighted by Gasteiger charge is 2.27. The maximum Gasteiger partial charge on any atom is 0.361 e. The molecule has 1 aromatic heterocycles. The lowest BCUT2D eigenvalue weighted by Gasteiger charge is -2.29. The van der Waals surface area contributed by atoms with E-state index in [0.717, 1.165) is 22.3 Å². The molecule has 2 aliphatic rings. The van der Waals surface area contributed by atoms with Crippen molar-refractivity contribution in [1.29, 1.82) is 0 Å². The molecule has 0 saturated heterocycles. The standard InChI is InChI=1S/C40H26O4/c41-39-33(21-27-23-35(29-13-5-1-6-14-29)43-36(24-27)30-15-7-2-8-16-30)40(42)34(39)22-28-25-37(31-17-9-3-10-18-31)44-38(26-28)32-19-11-4-12-20-32/h1-26H. The number of rotatable bonds is 6. The quantitative estimate of drug-likeness (QED) is 0.152. The van der Waals surface area contributed by atoms with Crippen LogP contribution in [-0.4, -0.2) is 5.78 Å². The molecule has 210 valence electrons. The Hall–Kier alpha value is -6.00. The Morgan fingerprint density at radius 3 is 1.43 bits per heavy atom. The van der Waals surface area contributed by atoms with Gasteiger partial charge in [0.2, 0.25) is 0 Å². The van der Waals surface area contributed by atoms with Gasteiger partial charge in [0.15, 0.2) is 5.78 Å². The van der Waals surface area contributed by atoms with Gasteiger partial charge in [-0.05, 0) is 59.7 Å². The van der Waals surface area contributed by atoms with Crippen LogP contribution in [0.3, 0.4) is 0 Å². The highest BCUT2D eigenvalue weighted by Crippen LogP contribution is 2.36. The average Bonchev–Trinajstić information content (AvgIpc) is 3.10. The third kappa shape index (κ3) is 5.44. The Bertz CT molecular complexity index is 1900. The molecule has 0 saturated carbocycles. The fourth-order valence-electron chi connectivity index (χ4n) is 5.22. The molecule has 0 fully saturated rings. The van der Waals surface area contributed by atoms with Gasteiger partial charge in [-0.1, -0.05) is 103 Å². The number of ether oxygens (including phenoxy) is 1. The largest absolute Gasteiger partial charge is 0.871 e. The fraction of sp³-hybridized carbons (Fsp3) is 0. The van der Waals surface area contributed by atoms with Crippen LogP contribution >= 0.6 is 0 Å². The van der Waals surface area contributed by atoms with Gasteiger partial charge >= 0.3 is 11.5 Å². The van der Waals surface area contributed by atoms with E-state index in [4.69, 9.17) is 9.15 Å². The van der Waals surface area contributed by atoms with Crippen molar-refractivity contribution in [2.75, 3.05) is 0 Å². The van der Waals surface area contributed by atoms with E-state index in [9.17, 15) is 9.90 Å². The van der Waals surface area contributed by atoms with E-state index < -0.39 is 0 Å². The minimum absolute atomic E-state index is 0.146. The van der Waals surface area contributed by atoms with Crippen LogP contribution in [0.5, 0.6) is 0 Å². The van der Waals surface area contributed by atoms with E-state index in [2.05, 4.69) is 0 Å². The molecule has 7 rings (SSSR count). The molecule has 2 heterocycles. The van der Waals surface area contributed by atoms with Gasteiger partial charge < -0.3 is 9.84 Å². The number of allylic oxidation sites excluding steroid dienone is 6. The summed E-state index contributed by atoms with van der Waals surface area (Å²) in [6.45, 7) is 0. The summed E-state index contributed by atoms with van der Waals surface area (Å²) in [6, 6.07) is 42.7. The van der Waals surface area contributed by atoms with Crippen molar-refractivity contribution in [3.63, 3.8) is 0 Å². The summed E-state index contributed by atoms with van der Waals surface area (Å²) in [6.07, 6.45) is 7.02. The molecular weight excluding hydrogens is 544 g/mol. The van der Waals surface area contributed by atoms with E-state index in [1.165, 1.54) is 0 Å². The molecule has 0 unspecified atom stereocenters. The lowest BCUT2D eigenvalue weighted by Crippen LogP contribution is -2.29. The number of ketones is 1. The molecule has 4 heteroatoms. The van der Waals surface area contributed by atoms with Crippen molar-refractivity contribution in [2.24, 2.45) is 0 Å². The second-order valence-corrected chi connectivity index (χ2v) is 10.5. The third-order valence-electron chi connectivity index (χ3n) is 7.46. The van der Waals surface area contributed by atoms with Crippen LogP contribution in [0.2, 0.25) is 0 Å². The van der Waals surface area contributed by atoms with E-state index in [0.29, 0.717) is 34.2 Å². The second kappa shape index (κ2) is 11.7. The van der Waals surface area contributed by atoms with Crippen LogP contribution in [0, 0.1) is 0 Å². The minimum Gasteiger partial charge on any atom is -0.871 e. The fourth-order valence-corrected chi connectivity index (χ4v) is 5.22. The van der Waals surface area contributed by atoms with Crippen molar-refractivity contribution in [1.82, 2.24) is 0 Å². The number of carbonyl (C=O) groups is 1. The van der Waals surface area contributed by atoms with Gasteiger partial charge in [-0.25, -0.2) is 4.42 Å². The summed E-state index contributed by atoms with van der Waals surface area (Å²) >= 11 is 0. The molecule has 0 spiro atoms. The molecule has 0 atom stereocenters. The van der Waals surface area contributed by atoms with Crippen molar-refractivity contribution in [2.45, 2.75) is 0 Å². The molecule has 4 nitrogen and oxygen atoms in total. The molecule has 0 N–H and O–H groups in total. The molecule has 1 aliphatic carbocycles. The average molecular weight is 571 g/mol. The van der Waals surface area contributed by atoms with E-state index in [1.807, 2.05) is 146 Å². The molecule has 4 aromatic carbocycles. The van der Waals surface area contributed by atoms with E-state index in [-0.39, 0.29) is 22.7 Å². The molecule has 5 aromatic rings. The highest BCUT2D eigenvalue weighted by molar-refractivity contribution is 6.23. The lowest BCUT2D eigenvalue weighted by molar-refractivity contribution is -0.300.